The summed E-state index contributed by atoms with van der Waals surface area (Å²) in [7, 11) is 3.88. The van der Waals surface area contributed by atoms with E-state index in [1.807, 2.05) is 25.2 Å². The van der Waals surface area contributed by atoms with Crippen molar-refractivity contribution in [3.63, 3.8) is 0 Å². The van der Waals surface area contributed by atoms with E-state index >= 15 is 0 Å². The number of fused-ring (bicyclic) bond motifs is 3. The fourth-order valence-corrected chi connectivity index (χ4v) is 2.81. The Morgan fingerprint density at radius 1 is 1.22 bits per heavy atom. The van der Waals surface area contributed by atoms with Crippen LogP contribution in [0.25, 0.3) is 0 Å². The summed E-state index contributed by atoms with van der Waals surface area (Å²) >= 11 is 0. The minimum atomic E-state index is -0.0649. The monoisotopic (exact) mass is 246 g/mol. The number of carbonyl (C=O) groups is 1. The second kappa shape index (κ2) is 3.88. The van der Waals surface area contributed by atoms with Gasteiger partial charge in [0.25, 0.3) is 5.91 Å². The molecule has 0 aliphatic carbocycles. The SMILES string of the molecule is CN1CCN2c3ccc(N)cc3N(C)C(=O)C2C1. The smallest absolute Gasteiger partial charge is 0.250 e. The Morgan fingerprint density at radius 2 is 2.00 bits per heavy atom. The number of hydrogen-bond acceptors (Lipinski definition) is 4. The molecular formula is C13H18N4O. The Bertz CT molecular complexity index is 502. The number of anilines is 3. The van der Waals surface area contributed by atoms with Crippen LogP contribution in [-0.2, 0) is 4.79 Å². The van der Waals surface area contributed by atoms with Crippen molar-refractivity contribution >= 4 is 23.0 Å². The number of likely N-dealkylation sites (N-methyl/N-ethyl adjacent to an activating group) is 2. The highest BCUT2D eigenvalue weighted by Gasteiger charge is 2.39. The summed E-state index contributed by atoms with van der Waals surface area (Å²) in [4.78, 5) is 18.5. The van der Waals surface area contributed by atoms with Crippen molar-refractivity contribution in [2.24, 2.45) is 0 Å². The first kappa shape index (κ1) is 11.3. The lowest BCUT2D eigenvalue weighted by atomic mass is 10.0. The van der Waals surface area contributed by atoms with E-state index in [9.17, 15) is 4.79 Å². The largest absolute Gasteiger partial charge is 0.399 e. The molecule has 96 valence electrons. The highest BCUT2D eigenvalue weighted by molar-refractivity contribution is 6.05. The first-order chi connectivity index (χ1) is 8.58. The molecule has 1 aromatic rings. The number of amides is 1. The average Bonchev–Trinajstić information content (AvgIpc) is 2.36. The van der Waals surface area contributed by atoms with Crippen LogP contribution in [0, 0.1) is 0 Å². The van der Waals surface area contributed by atoms with Gasteiger partial charge in [-0.15, -0.1) is 0 Å². The lowest BCUT2D eigenvalue weighted by molar-refractivity contribution is -0.120. The first-order valence-electron chi connectivity index (χ1n) is 6.20. The first-order valence-corrected chi connectivity index (χ1v) is 6.20. The summed E-state index contributed by atoms with van der Waals surface area (Å²) in [5, 5.41) is 0. The summed E-state index contributed by atoms with van der Waals surface area (Å²) < 4.78 is 0. The molecule has 1 fully saturated rings. The van der Waals surface area contributed by atoms with Crippen LogP contribution >= 0.6 is 0 Å². The number of rotatable bonds is 0. The second-order valence-electron chi connectivity index (χ2n) is 5.12. The van der Waals surface area contributed by atoms with Crippen molar-refractivity contribution in [2.75, 3.05) is 49.3 Å². The zero-order valence-electron chi connectivity index (χ0n) is 10.8. The molecule has 2 aliphatic heterocycles. The van der Waals surface area contributed by atoms with Gasteiger partial charge in [-0.1, -0.05) is 0 Å². The van der Waals surface area contributed by atoms with E-state index in [4.69, 9.17) is 5.73 Å². The summed E-state index contributed by atoms with van der Waals surface area (Å²) in [6.45, 7) is 2.65. The molecule has 0 bridgehead atoms. The van der Waals surface area contributed by atoms with E-state index in [1.54, 1.807) is 4.90 Å². The zero-order chi connectivity index (χ0) is 12.9. The molecule has 5 heteroatoms. The van der Waals surface area contributed by atoms with Crippen LogP contribution in [0.15, 0.2) is 18.2 Å². The maximum absolute atomic E-state index is 12.4. The molecule has 18 heavy (non-hydrogen) atoms. The lowest BCUT2D eigenvalue weighted by Crippen LogP contribution is -2.61. The number of benzene rings is 1. The molecule has 0 aromatic heterocycles. The van der Waals surface area contributed by atoms with Gasteiger partial charge in [-0.25, -0.2) is 0 Å². The summed E-state index contributed by atoms with van der Waals surface area (Å²) in [5.41, 5.74) is 8.54. The average molecular weight is 246 g/mol. The molecule has 3 rings (SSSR count). The van der Waals surface area contributed by atoms with E-state index < -0.39 is 0 Å². The third-order valence-corrected chi connectivity index (χ3v) is 3.87. The van der Waals surface area contributed by atoms with Gasteiger partial charge in [0.05, 0.1) is 11.4 Å². The maximum atomic E-state index is 12.4. The number of nitrogen functional groups attached to an aromatic ring is 1. The maximum Gasteiger partial charge on any atom is 0.250 e. The minimum Gasteiger partial charge on any atom is -0.399 e. The van der Waals surface area contributed by atoms with Gasteiger partial charge in [0.1, 0.15) is 6.04 Å². The number of hydrogen-bond donors (Lipinski definition) is 1. The van der Waals surface area contributed by atoms with Gasteiger partial charge in [-0.3, -0.25) is 4.79 Å². The molecule has 2 aliphatic rings. The fourth-order valence-electron chi connectivity index (χ4n) is 2.81. The van der Waals surface area contributed by atoms with Crippen LogP contribution in [0.4, 0.5) is 17.1 Å². The van der Waals surface area contributed by atoms with Crippen LogP contribution in [0.1, 0.15) is 0 Å². The van der Waals surface area contributed by atoms with Crippen LogP contribution in [0.2, 0.25) is 0 Å². The Morgan fingerprint density at radius 3 is 2.78 bits per heavy atom. The number of nitrogens with zero attached hydrogens (tertiary/aromatic N) is 3. The Hall–Kier alpha value is -1.75. The Labute approximate surface area is 107 Å². The van der Waals surface area contributed by atoms with Gasteiger partial charge in [-0.2, -0.15) is 0 Å². The topological polar surface area (TPSA) is 52.8 Å². The number of carbonyl (C=O) groups excluding carboxylic acids is 1. The number of piperazine rings is 1. The van der Waals surface area contributed by atoms with Crippen molar-refractivity contribution in [1.82, 2.24) is 4.90 Å². The molecule has 0 radical (unpaired) electrons. The van der Waals surface area contributed by atoms with Crippen molar-refractivity contribution in [3.8, 4) is 0 Å². The summed E-state index contributed by atoms with van der Waals surface area (Å²) in [5.74, 6) is 0.152. The van der Waals surface area contributed by atoms with E-state index in [0.717, 1.165) is 31.0 Å². The molecule has 2 heterocycles. The molecule has 0 saturated carbocycles. The molecule has 0 spiro atoms. The Kier molecular flexibility index (Phi) is 2.45. The van der Waals surface area contributed by atoms with Crippen molar-refractivity contribution in [3.05, 3.63) is 18.2 Å². The molecule has 1 atom stereocenters. The zero-order valence-corrected chi connectivity index (χ0v) is 10.8. The van der Waals surface area contributed by atoms with Crippen molar-refractivity contribution in [2.45, 2.75) is 6.04 Å². The van der Waals surface area contributed by atoms with Crippen LogP contribution < -0.4 is 15.5 Å². The Balaban J connectivity index is 2.08. The number of nitrogens with two attached hydrogens (primary N) is 1. The van der Waals surface area contributed by atoms with Crippen LogP contribution in [0.3, 0.4) is 0 Å². The molecule has 2 N–H and O–H groups in total. The van der Waals surface area contributed by atoms with Crippen LogP contribution in [0.5, 0.6) is 0 Å². The predicted octanol–water partition coefficient (Wildman–Crippen LogP) is 0.366. The minimum absolute atomic E-state index is 0.0649. The van der Waals surface area contributed by atoms with Crippen molar-refractivity contribution < 1.29 is 4.79 Å². The van der Waals surface area contributed by atoms with E-state index in [0.29, 0.717) is 5.69 Å². The molecule has 1 unspecified atom stereocenters. The van der Waals surface area contributed by atoms with Gasteiger partial charge >= 0.3 is 0 Å². The van der Waals surface area contributed by atoms with E-state index in [2.05, 4.69) is 16.8 Å². The normalized spacial score (nSPS) is 23.9. The lowest BCUT2D eigenvalue weighted by Gasteiger charge is -2.46. The van der Waals surface area contributed by atoms with Gasteiger partial charge in [-0.05, 0) is 25.2 Å². The second-order valence-corrected chi connectivity index (χ2v) is 5.12. The molecular weight excluding hydrogens is 228 g/mol. The fraction of sp³-hybridized carbons (Fsp3) is 0.462. The van der Waals surface area contributed by atoms with Gasteiger partial charge < -0.3 is 20.4 Å². The quantitative estimate of drug-likeness (QED) is 0.672. The summed E-state index contributed by atoms with van der Waals surface area (Å²) in [6, 6.07) is 5.73. The van der Waals surface area contributed by atoms with E-state index in [1.165, 1.54) is 0 Å². The van der Waals surface area contributed by atoms with Gasteiger partial charge in [0, 0.05) is 32.4 Å². The highest BCUT2D eigenvalue weighted by atomic mass is 16.2. The third-order valence-electron chi connectivity index (χ3n) is 3.87. The molecule has 5 nitrogen and oxygen atoms in total. The predicted molar refractivity (Wildman–Crippen MR) is 72.9 cm³/mol. The van der Waals surface area contributed by atoms with E-state index in [-0.39, 0.29) is 11.9 Å². The summed E-state index contributed by atoms with van der Waals surface area (Å²) in [6.07, 6.45) is 0. The van der Waals surface area contributed by atoms with Gasteiger partial charge in [0.15, 0.2) is 0 Å². The van der Waals surface area contributed by atoms with Crippen molar-refractivity contribution in [1.29, 1.82) is 0 Å². The standard InChI is InChI=1S/C13H18N4O/c1-15-5-6-17-10-4-3-9(14)7-11(10)16(2)13(18)12(17)8-15/h3-4,7,12H,5-6,8,14H2,1-2H3. The molecule has 1 amide bonds. The van der Waals surface area contributed by atoms with Gasteiger partial charge in [0.2, 0.25) is 0 Å². The van der Waals surface area contributed by atoms with Crippen LogP contribution in [-0.4, -0.2) is 50.6 Å². The third kappa shape index (κ3) is 1.54. The molecule has 1 aromatic carbocycles. The molecule has 1 saturated heterocycles. The highest BCUT2D eigenvalue weighted by Crippen LogP contribution is 2.37.